The number of amides is 2. The van der Waals surface area contributed by atoms with Crippen LogP contribution in [-0.4, -0.2) is 75.9 Å². The van der Waals surface area contributed by atoms with Gasteiger partial charge in [-0.1, -0.05) is 67.6 Å². The molecule has 2 N–H and O–H groups in total. The third kappa shape index (κ3) is 9.24. The van der Waals surface area contributed by atoms with Gasteiger partial charge in [-0.3, -0.25) is 4.79 Å². The second-order valence-corrected chi connectivity index (χ2v) is 12.6. The van der Waals surface area contributed by atoms with Crippen LogP contribution in [-0.2, 0) is 29.1 Å². The van der Waals surface area contributed by atoms with E-state index in [0.29, 0.717) is 19.1 Å². The number of benzene rings is 3. The molecule has 0 bridgehead atoms. The number of carbonyl (C=O) groups is 4. The van der Waals surface area contributed by atoms with Crippen LogP contribution >= 0.6 is 0 Å². The van der Waals surface area contributed by atoms with Gasteiger partial charge in [0.25, 0.3) is 0 Å². The van der Waals surface area contributed by atoms with Crippen LogP contribution in [0.3, 0.4) is 0 Å². The molecule has 0 spiro atoms. The van der Waals surface area contributed by atoms with Crippen LogP contribution in [0.25, 0.3) is 0 Å². The molecule has 0 saturated carbocycles. The van der Waals surface area contributed by atoms with Crippen molar-refractivity contribution in [3.8, 4) is 0 Å². The third-order valence-electron chi connectivity index (χ3n) is 7.64. The Kier molecular flexibility index (Phi) is 13.5. The number of likely N-dealkylation sites (N-methyl/N-ethyl adjacent to an activating group) is 1. The molecule has 3 aromatic carbocycles. The van der Waals surface area contributed by atoms with Gasteiger partial charge < -0.3 is 24.9 Å². The Bertz CT molecular complexity index is 1510. The van der Waals surface area contributed by atoms with Crippen molar-refractivity contribution in [2.24, 2.45) is 0 Å². The molecule has 46 heavy (non-hydrogen) atoms. The first-order chi connectivity index (χ1) is 22.1. The Morgan fingerprint density at radius 2 is 1.39 bits per heavy atom. The zero-order valence-corrected chi connectivity index (χ0v) is 27.2. The molecule has 0 aliphatic rings. The van der Waals surface area contributed by atoms with E-state index in [9.17, 15) is 27.6 Å². The van der Waals surface area contributed by atoms with Gasteiger partial charge in [0.1, 0.15) is 12.3 Å². The van der Waals surface area contributed by atoms with Crippen LogP contribution in [0.5, 0.6) is 0 Å². The van der Waals surface area contributed by atoms with E-state index >= 15 is 0 Å². The predicted octanol–water partition coefficient (Wildman–Crippen LogP) is 4.28. The lowest BCUT2D eigenvalue weighted by Crippen LogP contribution is -2.52. The highest BCUT2D eigenvalue weighted by Crippen LogP contribution is 2.29. The number of ether oxygens (including phenoxy) is 2. The molecule has 11 nitrogen and oxygen atoms in total. The molecule has 0 heterocycles. The predicted molar refractivity (Wildman–Crippen MR) is 173 cm³/mol. The van der Waals surface area contributed by atoms with Gasteiger partial charge >= 0.3 is 12.1 Å². The molecule has 12 heteroatoms. The van der Waals surface area contributed by atoms with Gasteiger partial charge in [0.2, 0.25) is 15.9 Å². The van der Waals surface area contributed by atoms with Crippen LogP contribution in [0.1, 0.15) is 60.5 Å². The zero-order valence-electron chi connectivity index (χ0n) is 26.4. The van der Waals surface area contributed by atoms with Crippen molar-refractivity contribution in [2.75, 3.05) is 20.8 Å². The first-order valence-electron chi connectivity index (χ1n) is 15.0. The van der Waals surface area contributed by atoms with Crippen molar-refractivity contribution in [3.63, 3.8) is 0 Å². The summed E-state index contributed by atoms with van der Waals surface area (Å²) in [6, 6.07) is 21.8. The molecule has 3 atom stereocenters. The van der Waals surface area contributed by atoms with E-state index in [2.05, 4.69) is 15.4 Å². The molecule has 0 fully saturated rings. The summed E-state index contributed by atoms with van der Waals surface area (Å²) in [5.74, 6) is -1.53. The molecular weight excluding hydrogens is 610 g/mol. The van der Waals surface area contributed by atoms with Crippen LogP contribution in [0.15, 0.2) is 89.8 Å². The van der Waals surface area contributed by atoms with E-state index in [0.717, 1.165) is 15.4 Å². The summed E-state index contributed by atoms with van der Waals surface area (Å²) < 4.78 is 37.4. The summed E-state index contributed by atoms with van der Waals surface area (Å²) in [6.07, 6.45) is 0.937. The maximum Gasteiger partial charge on any atom is 0.407 e. The number of aldehydes is 1. The lowest BCUT2D eigenvalue weighted by Gasteiger charge is -2.29. The third-order valence-corrected chi connectivity index (χ3v) is 9.65. The highest BCUT2D eigenvalue weighted by Gasteiger charge is 2.34. The SMILES string of the molecule is CCN(C(C=O)CCCC(C)NC(=O)C(NC(=O)OC)C(c1ccccc1)c1ccccc1)S(=O)(=O)c1ccc(C(=O)OC)cc1. The number of alkyl carbamates (subject to hydrolysis) is 1. The summed E-state index contributed by atoms with van der Waals surface area (Å²) in [6.45, 7) is 3.50. The number of sulfonamides is 1. The van der Waals surface area contributed by atoms with Gasteiger partial charge in [-0.2, -0.15) is 4.31 Å². The van der Waals surface area contributed by atoms with E-state index < -0.39 is 46.0 Å². The standard InChI is InChI=1S/C34H41N3O8S/c1-5-37(46(42,43)29-21-19-27(20-22-29)33(40)44-3)28(23-38)18-12-13-24(2)35-32(39)31(36-34(41)45-4)30(25-14-8-6-9-15-25)26-16-10-7-11-17-26/h6-11,14-17,19-24,28,30-31H,5,12-13,18H2,1-4H3,(H,35,39)(H,36,41). The molecule has 0 aliphatic heterocycles. The van der Waals surface area contributed by atoms with E-state index in [1.807, 2.05) is 60.7 Å². The number of carbonyl (C=O) groups excluding carboxylic acids is 4. The molecule has 3 aromatic rings. The Morgan fingerprint density at radius 3 is 1.87 bits per heavy atom. The molecule has 246 valence electrons. The molecular formula is C34H41N3O8S. The fourth-order valence-corrected chi connectivity index (χ4v) is 6.90. The molecule has 2 amide bonds. The number of rotatable bonds is 16. The van der Waals surface area contributed by atoms with Crippen molar-refractivity contribution in [2.45, 2.75) is 62.0 Å². The Labute approximate surface area is 270 Å². The minimum atomic E-state index is -4.04. The zero-order chi connectivity index (χ0) is 33.7. The molecule has 3 rings (SSSR count). The molecule has 0 radical (unpaired) electrons. The van der Waals surface area contributed by atoms with Gasteiger partial charge in [-0.25, -0.2) is 18.0 Å². The van der Waals surface area contributed by atoms with Crippen molar-refractivity contribution in [1.29, 1.82) is 0 Å². The summed E-state index contributed by atoms with van der Waals surface area (Å²) in [5, 5.41) is 5.67. The van der Waals surface area contributed by atoms with Crippen LogP contribution in [0.4, 0.5) is 4.79 Å². The van der Waals surface area contributed by atoms with Crippen molar-refractivity contribution in [3.05, 3.63) is 102 Å². The number of nitrogens with one attached hydrogen (secondary N) is 2. The smallest absolute Gasteiger partial charge is 0.407 e. The van der Waals surface area contributed by atoms with Gasteiger partial charge in [-0.05, 0) is 61.6 Å². The van der Waals surface area contributed by atoms with Crippen molar-refractivity contribution in [1.82, 2.24) is 14.9 Å². The maximum absolute atomic E-state index is 13.7. The number of hydrogen-bond acceptors (Lipinski definition) is 8. The topological polar surface area (TPSA) is 148 Å². The normalized spacial score (nSPS) is 13.3. The summed E-state index contributed by atoms with van der Waals surface area (Å²) in [4.78, 5) is 49.9. The van der Waals surface area contributed by atoms with E-state index in [1.165, 1.54) is 38.5 Å². The number of nitrogens with zero attached hydrogens (tertiary/aromatic N) is 1. The Morgan fingerprint density at radius 1 is 0.826 bits per heavy atom. The quantitative estimate of drug-likeness (QED) is 0.172. The van der Waals surface area contributed by atoms with Crippen molar-refractivity contribution < 1.29 is 37.1 Å². The summed E-state index contributed by atoms with van der Waals surface area (Å²) in [5.41, 5.74) is 1.86. The molecule has 3 unspecified atom stereocenters. The largest absolute Gasteiger partial charge is 0.465 e. The highest BCUT2D eigenvalue weighted by molar-refractivity contribution is 7.89. The molecule has 0 aromatic heterocycles. The fraction of sp³-hybridized carbons (Fsp3) is 0.353. The summed E-state index contributed by atoms with van der Waals surface area (Å²) in [7, 11) is -1.58. The first-order valence-corrected chi connectivity index (χ1v) is 16.4. The van der Waals surface area contributed by atoms with Gasteiger partial charge in [0.15, 0.2) is 0 Å². The van der Waals surface area contributed by atoms with Crippen LogP contribution in [0, 0.1) is 0 Å². The number of hydrogen-bond donors (Lipinski definition) is 2. The average molecular weight is 652 g/mol. The number of esters is 1. The van der Waals surface area contributed by atoms with Crippen LogP contribution in [0.2, 0.25) is 0 Å². The van der Waals surface area contributed by atoms with Gasteiger partial charge in [-0.15, -0.1) is 0 Å². The fourth-order valence-electron chi connectivity index (χ4n) is 5.30. The Balaban J connectivity index is 1.71. The maximum atomic E-state index is 13.7. The van der Waals surface area contributed by atoms with Crippen molar-refractivity contribution >= 4 is 34.3 Å². The molecule has 0 aliphatic carbocycles. The van der Waals surface area contributed by atoms with E-state index in [-0.39, 0.29) is 29.5 Å². The monoisotopic (exact) mass is 651 g/mol. The van der Waals surface area contributed by atoms with E-state index in [1.54, 1.807) is 13.8 Å². The number of methoxy groups -OCH3 is 2. The lowest BCUT2D eigenvalue weighted by atomic mass is 9.84. The summed E-state index contributed by atoms with van der Waals surface area (Å²) >= 11 is 0. The van der Waals surface area contributed by atoms with Gasteiger partial charge in [0.05, 0.1) is 30.7 Å². The minimum Gasteiger partial charge on any atom is -0.465 e. The second-order valence-electron chi connectivity index (χ2n) is 10.7. The minimum absolute atomic E-state index is 0.0509. The van der Waals surface area contributed by atoms with E-state index in [4.69, 9.17) is 4.74 Å². The lowest BCUT2D eigenvalue weighted by molar-refractivity contribution is -0.124. The van der Waals surface area contributed by atoms with Gasteiger partial charge in [0, 0.05) is 18.5 Å². The Hall–Kier alpha value is -4.55. The second kappa shape index (κ2) is 17.2. The first kappa shape index (κ1) is 35.9. The average Bonchev–Trinajstić information content (AvgIpc) is 3.07. The highest BCUT2D eigenvalue weighted by atomic mass is 32.2. The van der Waals surface area contributed by atoms with Crippen LogP contribution < -0.4 is 10.6 Å². The molecule has 0 saturated heterocycles.